The van der Waals surface area contributed by atoms with Gasteiger partial charge in [-0.2, -0.15) is 4.98 Å². The standard InChI is InChI=1S/C24H23N3O4/c1-3-17-8-10-19(11-9-17)24-25-22(31-26-24)15-30-23(29)14-21-20-7-5-4-6-18(20)12-13-27(21)16(2)28/h4-13,21H,3,14-15H2,1-2H3/t21-/m1/s1. The molecule has 0 N–H and O–H groups in total. The van der Waals surface area contributed by atoms with Crippen molar-refractivity contribution in [2.75, 3.05) is 0 Å². The van der Waals surface area contributed by atoms with Gasteiger partial charge in [-0.3, -0.25) is 9.59 Å². The van der Waals surface area contributed by atoms with Crippen LogP contribution in [0.1, 0.15) is 48.9 Å². The van der Waals surface area contributed by atoms with Crippen LogP contribution in [0.5, 0.6) is 0 Å². The van der Waals surface area contributed by atoms with Gasteiger partial charge in [0.15, 0.2) is 6.61 Å². The molecule has 1 amide bonds. The van der Waals surface area contributed by atoms with Gasteiger partial charge in [0, 0.05) is 18.7 Å². The SMILES string of the molecule is CCc1ccc(-c2noc(COC(=O)C[C@@H]3c4ccccc4C=CN3C(C)=O)n2)cc1. The second-order valence-electron chi connectivity index (χ2n) is 7.31. The maximum atomic E-state index is 12.5. The summed E-state index contributed by atoms with van der Waals surface area (Å²) in [6.07, 6.45) is 4.55. The number of nitrogens with zero attached hydrogens (tertiary/aromatic N) is 3. The molecule has 0 aliphatic carbocycles. The highest BCUT2D eigenvalue weighted by Gasteiger charge is 2.29. The van der Waals surface area contributed by atoms with Gasteiger partial charge in [-0.15, -0.1) is 0 Å². The minimum atomic E-state index is -0.451. The van der Waals surface area contributed by atoms with Crippen LogP contribution in [0.3, 0.4) is 0 Å². The Morgan fingerprint density at radius 2 is 1.90 bits per heavy atom. The molecule has 3 aromatic rings. The molecule has 1 aromatic heterocycles. The maximum absolute atomic E-state index is 12.5. The summed E-state index contributed by atoms with van der Waals surface area (Å²) in [5.41, 5.74) is 3.95. The molecule has 0 saturated carbocycles. The number of hydrogen-bond acceptors (Lipinski definition) is 6. The average Bonchev–Trinajstić information content (AvgIpc) is 3.27. The number of rotatable bonds is 6. The van der Waals surface area contributed by atoms with E-state index in [2.05, 4.69) is 17.1 Å². The van der Waals surface area contributed by atoms with Crippen LogP contribution in [-0.4, -0.2) is 26.9 Å². The van der Waals surface area contributed by atoms with Crippen LogP contribution in [0.15, 0.2) is 59.3 Å². The Balaban J connectivity index is 1.40. The van der Waals surface area contributed by atoms with Gasteiger partial charge in [-0.05, 0) is 29.2 Å². The first-order valence-corrected chi connectivity index (χ1v) is 10.2. The number of fused-ring (bicyclic) bond motifs is 1. The Kier molecular flexibility index (Phi) is 5.93. The Bertz CT molecular complexity index is 1120. The van der Waals surface area contributed by atoms with Crippen molar-refractivity contribution in [3.05, 3.63) is 77.3 Å². The normalized spacial score (nSPS) is 14.9. The van der Waals surface area contributed by atoms with E-state index in [1.54, 1.807) is 11.1 Å². The lowest BCUT2D eigenvalue weighted by atomic mass is 9.94. The number of esters is 1. The van der Waals surface area contributed by atoms with Gasteiger partial charge in [-0.25, -0.2) is 0 Å². The van der Waals surface area contributed by atoms with Crippen molar-refractivity contribution in [1.82, 2.24) is 15.0 Å². The minimum absolute atomic E-state index is 0.0282. The van der Waals surface area contributed by atoms with E-state index >= 15 is 0 Å². The van der Waals surface area contributed by atoms with Gasteiger partial charge in [0.05, 0.1) is 12.5 Å². The molecule has 4 rings (SSSR count). The zero-order valence-corrected chi connectivity index (χ0v) is 17.4. The zero-order chi connectivity index (χ0) is 21.8. The number of benzene rings is 2. The summed E-state index contributed by atoms with van der Waals surface area (Å²) in [7, 11) is 0. The number of aromatic nitrogens is 2. The number of hydrogen-bond donors (Lipinski definition) is 0. The fraction of sp³-hybridized carbons (Fsp3) is 0.250. The first-order valence-electron chi connectivity index (χ1n) is 10.2. The zero-order valence-electron chi connectivity index (χ0n) is 17.4. The molecule has 7 heteroatoms. The van der Waals surface area contributed by atoms with Crippen molar-refractivity contribution >= 4 is 18.0 Å². The van der Waals surface area contributed by atoms with Gasteiger partial charge in [0.1, 0.15) is 0 Å². The predicted octanol–water partition coefficient (Wildman–Crippen LogP) is 4.31. The molecular weight excluding hydrogens is 394 g/mol. The summed E-state index contributed by atoms with van der Waals surface area (Å²) in [5.74, 6) is 0.0747. The highest BCUT2D eigenvalue weighted by molar-refractivity contribution is 5.80. The van der Waals surface area contributed by atoms with Gasteiger partial charge in [0.2, 0.25) is 11.7 Å². The minimum Gasteiger partial charge on any atom is -0.455 e. The van der Waals surface area contributed by atoms with Crippen molar-refractivity contribution < 1.29 is 18.8 Å². The predicted molar refractivity (Wildman–Crippen MR) is 114 cm³/mol. The molecule has 1 aliphatic rings. The Labute approximate surface area is 180 Å². The topological polar surface area (TPSA) is 85.5 Å². The van der Waals surface area contributed by atoms with Crippen LogP contribution in [0.4, 0.5) is 0 Å². The molecule has 7 nitrogen and oxygen atoms in total. The lowest BCUT2D eigenvalue weighted by Gasteiger charge is -2.32. The highest BCUT2D eigenvalue weighted by atomic mass is 16.6. The Morgan fingerprint density at radius 3 is 2.65 bits per heavy atom. The van der Waals surface area contributed by atoms with Gasteiger partial charge >= 0.3 is 5.97 Å². The molecule has 31 heavy (non-hydrogen) atoms. The largest absolute Gasteiger partial charge is 0.455 e. The number of aryl methyl sites for hydroxylation is 1. The molecule has 1 aliphatic heterocycles. The van der Waals surface area contributed by atoms with E-state index in [-0.39, 0.29) is 24.8 Å². The molecule has 158 valence electrons. The van der Waals surface area contributed by atoms with E-state index in [1.165, 1.54) is 12.5 Å². The molecular formula is C24H23N3O4. The summed E-state index contributed by atoms with van der Waals surface area (Å²) >= 11 is 0. The summed E-state index contributed by atoms with van der Waals surface area (Å²) in [4.78, 5) is 30.4. The van der Waals surface area contributed by atoms with Gasteiger partial charge in [0.25, 0.3) is 5.89 Å². The van der Waals surface area contributed by atoms with Crippen LogP contribution in [0.25, 0.3) is 17.5 Å². The van der Waals surface area contributed by atoms with Crippen LogP contribution >= 0.6 is 0 Å². The van der Waals surface area contributed by atoms with Crippen LogP contribution in [-0.2, 0) is 27.4 Å². The van der Waals surface area contributed by atoms with E-state index in [9.17, 15) is 9.59 Å². The summed E-state index contributed by atoms with van der Waals surface area (Å²) in [6.45, 7) is 3.44. The third kappa shape index (κ3) is 4.55. The van der Waals surface area contributed by atoms with Crippen molar-refractivity contribution in [3.63, 3.8) is 0 Å². The fourth-order valence-corrected chi connectivity index (χ4v) is 3.59. The molecule has 2 aromatic carbocycles. The van der Waals surface area contributed by atoms with Crippen LogP contribution in [0.2, 0.25) is 0 Å². The van der Waals surface area contributed by atoms with Crippen molar-refractivity contribution in [2.24, 2.45) is 0 Å². The molecule has 0 radical (unpaired) electrons. The van der Waals surface area contributed by atoms with Crippen molar-refractivity contribution in [2.45, 2.75) is 39.3 Å². The molecule has 0 saturated heterocycles. The third-order valence-electron chi connectivity index (χ3n) is 5.27. The number of ether oxygens (including phenoxy) is 1. The van der Waals surface area contributed by atoms with Crippen LogP contribution in [0, 0.1) is 0 Å². The second kappa shape index (κ2) is 8.95. The monoisotopic (exact) mass is 417 g/mol. The number of amides is 1. The van der Waals surface area contributed by atoms with E-state index < -0.39 is 12.0 Å². The quantitative estimate of drug-likeness (QED) is 0.556. The average molecular weight is 417 g/mol. The highest BCUT2D eigenvalue weighted by Crippen LogP contribution is 2.33. The summed E-state index contributed by atoms with van der Waals surface area (Å²) < 4.78 is 10.6. The Morgan fingerprint density at radius 1 is 1.13 bits per heavy atom. The lowest BCUT2D eigenvalue weighted by Crippen LogP contribution is -2.32. The van der Waals surface area contributed by atoms with Crippen molar-refractivity contribution in [3.8, 4) is 11.4 Å². The maximum Gasteiger partial charge on any atom is 0.308 e. The van der Waals surface area contributed by atoms with Gasteiger partial charge < -0.3 is 14.2 Å². The van der Waals surface area contributed by atoms with E-state index in [1.807, 2.05) is 54.6 Å². The number of carbonyl (C=O) groups excluding carboxylic acids is 2. The second-order valence-corrected chi connectivity index (χ2v) is 7.31. The number of carbonyl (C=O) groups is 2. The smallest absolute Gasteiger partial charge is 0.308 e. The molecule has 0 spiro atoms. The van der Waals surface area contributed by atoms with E-state index in [0.29, 0.717) is 5.82 Å². The Hall–Kier alpha value is -3.74. The summed E-state index contributed by atoms with van der Waals surface area (Å²) in [6, 6.07) is 15.2. The lowest BCUT2D eigenvalue weighted by molar-refractivity contribution is -0.147. The van der Waals surface area contributed by atoms with Gasteiger partial charge in [-0.1, -0.05) is 60.6 Å². The van der Waals surface area contributed by atoms with Crippen molar-refractivity contribution in [1.29, 1.82) is 0 Å². The molecule has 0 fully saturated rings. The van der Waals surface area contributed by atoms with E-state index in [0.717, 1.165) is 23.1 Å². The molecule has 2 heterocycles. The molecule has 0 bridgehead atoms. The molecule has 0 unspecified atom stereocenters. The third-order valence-corrected chi connectivity index (χ3v) is 5.27. The molecule has 1 atom stereocenters. The summed E-state index contributed by atoms with van der Waals surface area (Å²) in [5, 5.41) is 3.96. The van der Waals surface area contributed by atoms with E-state index in [4.69, 9.17) is 9.26 Å². The first kappa shape index (κ1) is 20.5. The van der Waals surface area contributed by atoms with Crippen LogP contribution < -0.4 is 0 Å². The first-order chi connectivity index (χ1) is 15.0. The fourth-order valence-electron chi connectivity index (χ4n) is 3.59.